The second-order valence-electron chi connectivity index (χ2n) is 6.99. The molecule has 8 heteroatoms. The Kier molecular flexibility index (Phi) is 5.25. The quantitative estimate of drug-likeness (QED) is 0.572. The highest BCUT2D eigenvalue weighted by Crippen LogP contribution is 2.40. The van der Waals surface area contributed by atoms with Gasteiger partial charge in [0.2, 0.25) is 5.88 Å². The Hall–Kier alpha value is -1.12. The molecule has 2 aromatic rings. The van der Waals surface area contributed by atoms with Crippen LogP contribution in [0, 0.1) is 0 Å². The van der Waals surface area contributed by atoms with Crippen molar-refractivity contribution in [3.05, 3.63) is 29.2 Å². The predicted octanol–water partition coefficient (Wildman–Crippen LogP) is 2.75. The van der Waals surface area contributed by atoms with Gasteiger partial charge in [0.25, 0.3) is 0 Å². The van der Waals surface area contributed by atoms with E-state index in [4.69, 9.17) is 26.8 Å². The van der Waals surface area contributed by atoms with Gasteiger partial charge < -0.3 is 19.8 Å². The van der Waals surface area contributed by atoms with Crippen LogP contribution >= 0.6 is 11.6 Å². The molecule has 0 aromatic carbocycles. The second-order valence-corrected chi connectivity index (χ2v) is 9.37. The number of rotatable bonds is 7. The van der Waals surface area contributed by atoms with Gasteiger partial charge in [-0.15, -0.1) is 0 Å². The lowest BCUT2D eigenvalue weighted by Crippen LogP contribution is -2.44. The summed E-state index contributed by atoms with van der Waals surface area (Å²) in [5.74, 6) is 0.526. The van der Waals surface area contributed by atoms with Crippen molar-refractivity contribution in [1.82, 2.24) is 9.97 Å². The third-order valence-electron chi connectivity index (χ3n) is 4.99. The van der Waals surface area contributed by atoms with E-state index in [0.29, 0.717) is 22.9 Å². The summed E-state index contributed by atoms with van der Waals surface area (Å²) in [6.07, 6.45) is 7.29. The standard InChI is InChI=1S/C18H22ClN3O3S/c1-24-9-16(20)14-7-22-18(15-8-21-17(19)6-13(14)15)25-10-4-12(5-10)26(23)11-2-3-11/h6-8,10-12,16H,2-5,9,20H2,1H3. The Morgan fingerprint density at radius 2 is 2.04 bits per heavy atom. The van der Waals surface area contributed by atoms with E-state index in [-0.39, 0.29) is 17.4 Å². The van der Waals surface area contributed by atoms with E-state index in [1.54, 1.807) is 25.6 Å². The average molecular weight is 396 g/mol. The molecule has 0 spiro atoms. The van der Waals surface area contributed by atoms with E-state index >= 15 is 0 Å². The van der Waals surface area contributed by atoms with Gasteiger partial charge >= 0.3 is 0 Å². The largest absolute Gasteiger partial charge is 0.616 e. The summed E-state index contributed by atoms with van der Waals surface area (Å²) in [6.45, 7) is 0.383. The van der Waals surface area contributed by atoms with Gasteiger partial charge in [-0.1, -0.05) is 11.6 Å². The molecule has 26 heavy (non-hydrogen) atoms. The van der Waals surface area contributed by atoms with Crippen molar-refractivity contribution in [2.75, 3.05) is 13.7 Å². The highest BCUT2D eigenvalue weighted by Gasteiger charge is 2.46. The Balaban J connectivity index is 1.53. The fraction of sp³-hybridized carbons (Fsp3) is 0.556. The molecule has 0 radical (unpaired) electrons. The first-order valence-corrected chi connectivity index (χ1v) is 10.5. The molecule has 2 unspecified atom stereocenters. The van der Waals surface area contributed by atoms with Crippen molar-refractivity contribution < 1.29 is 14.0 Å². The first-order valence-electron chi connectivity index (χ1n) is 8.81. The average Bonchev–Trinajstić information content (AvgIpc) is 3.42. The number of hydrogen-bond acceptors (Lipinski definition) is 6. The summed E-state index contributed by atoms with van der Waals surface area (Å²) in [6, 6.07) is 1.47. The van der Waals surface area contributed by atoms with Gasteiger partial charge in [0.05, 0.1) is 18.0 Å². The number of nitrogens with zero attached hydrogens (tertiary/aromatic N) is 2. The van der Waals surface area contributed by atoms with Crippen molar-refractivity contribution >= 4 is 33.5 Å². The molecule has 2 N–H and O–H groups in total. The maximum atomic E-state index is 12.2. The Morgan fingerprint density at radius 1 is 1.27 bits per heavy atom. The molecule has 2 heterocycles. The van der Waals surface area contributed by atoms with E-state index in [9.17, 15) is 4.55 Å². The molecule has 0 bridgehead atoms. The molecular formula is C18H22ClN3O3S. The molecular weight excluding hydrogens is 374 g/mol. The minimum absolute atomic E-state index is 0.0487. The van der Waals surface area contributed by atoms with Crippen molar-refractivity contribution in [3.8, 4) is 5.88 Å². The number of aromatic nitrogens is 2. The number of hydrogen-bond donors (Lipinski definition) is 1. The van der Waals surface area contributed by atoms with Crippen molar-refractivity contribution in [2.45, 2.75) is 48.3 Å². The highest BCUT2D eigenvalue weighted by molar-refractivity contribution is 7.93. The van der Waals surface area contributed by atoms with Crippen LogP contribution < -0.4 is 10.5 Å². The summed E-state index contributed by atoms with van der Waals surface area (Å²) in [7, 11) is 1.61. The summed E-state index contributed by atoms with van der Waals surface area (Å²) >= 11 is 5.38. The summed E-state index contributed by atoms with van der Waals surface area (Å²) in [5, 5.41) is 2.74. The van der Waals surface area contributed by atoms with Crippen LogP contribution in [0.5, 0.6) is 5.88 Å². The van der Waals surface area contributed by atoms with Crippen molar-refractivity contribution in [3.63, 3.8) is 0 Å². The number of ether oxygens (including phenoxy) is 2. The Labute approximate surface area is 160 Å². The lowest BCUT2D eigenvalue weighted by atomic mass is 9.95. The van der Waals surface area contributed by atoms with Crippen molar-refractivity contribution in [2.24, 2.45) is 5.73 Å². The third kappa shape index (κ3) is 3.64. The SMILES string of the molecule is COCC(N)c1cnc(OC2CC([S+]([O-])C3CC3)C2)c2cnc(Cl)cc12. The fourth-order valence-electron chi connectivity index (χ4n) is 3.30. The molecule has 2 aliphatic carbocycles. The summed E-state index contributed by atoms with van der Waals surface area (Å²) < 4.78 is 23.4. The van der Waals surface area contributed by atoms with Crippen LogP contribution in [0.15, 0.2) is 18.5 Å². The van der Waals surface area contributed by atoms with E-state index in [0.717, 1.165) is 42.0 Å². The molecule has 140 valence electrons. The van der Waals surface area contributed by atoms with Gasteiger partial charge in [-0.3, -0.25) is 0 Å². The number of nitrogens with two attached hydrogens (primary N) is 1. The van der Waals surface area contributed by atoms with Gasteiger partial charge in [-0.25, -0.2) is 9.97 Å². The van der Waals surface area contributed by atoms with Gasteiger partial charge in [0, 0.05) is 32.3 Å². The molecule has 0 amide bonds. The molecule has 2 aromatic heterocycles. The van der Waals surface area contributed by atoms with Crippen LogP contribution in [0.3, 0.4) is 0 Å². The van der Waals surface area contributed by atoms with Gasteiger partial charge in [-0.2, -0.15) is 0 Å². The van der Waals surface area contributed by atoms with Crippen LogP contribution in [-0.4, -0.2) is 44.8 Å². The first-order chi connectivity index (χ1) is 12.6. The topological polar surface area (TPSA) is 93.3 Å². The van der Waals surface area contributed by atoms with Crippen LogP contribution in [0.25, 0.3) is 10.8 Å². The Morgan fingerprint density at radius 3 is 2.73 bits per heavy atom. The van der Waals surface area contributed by atoms with Crippen molar-refractivity contribution in [1.29, 1.82) is 0 Å². The van der Waals surface area contributed by atoms with Crippen LogP contribution in [0.4, 0.5) is 0 Å². The lowest BCUT2D eigenvalue weighted by Gasteiger charge is -2.35. The molecule has 2 atom stereocenters. The number of methoxy groups -OCH3 is 1. The summed E-state index contributed by atoms with van der Waals surface area (Å²) in [5.41, 5.74) is 7.04. The molecule has 2 fully saturated rings. The zero-order chi connectivity index (χ0) is 18.3. The zero-order valence-electron chi connectivity index (χ0n) is 14.6. The van der Waals surface area contributed by atoms with Gasteiger partial charge in [0.1, 0.15) is 21.8 Å². The number of fused-ring (bicyclic) bond motifs is 1. The minimum Gasteiger partial charge on any atom is -0.616 e. The van der Waals surface area contributed by atoms with E-state index in [1.165, 1.54) is 0 Å². The maximum absolute atomic E-state index is 12.2. The Bertz CT molecular complexity index is 799. The zero-order valence-corrected chi connectivity index (χ0v) is 16.1. The van der Waals surface area contributed by atoms with Crippen LogP contribution in [0.2, 0.25) is 5.15 Å². The smallest absolute Gasteiger partial charge is 0.223 e. The van der Waals surface area contributed by atoms with Gasteiger partial charge in [0.15, 0.2) is 0 Å². The molecule has 4 rings (SSSR count). The molecule has 6 nitrogen and oxygen atoms in total. The highest BCUT2D eigenvalue weighted by atomic mass is 35.5. The fourth-order valence-corrected chi connectivity index (χ4v) is 5.41. The van der Waals surface area contributed by atoms with E-state index < -0.39 is 11.2 Å². The molecule has 0 saturated heterocycles. The second kappa shape index (κ2) is 7.48. The number of pyridine rings is 2. The monoisotopic (exact) mass is 395 g/mol. The third-order valence-corrected chi connectivity index (χ3v) is 7.37. The molecule has 2 saturated carbocycles. The summed E-state index contributed by atoms with van der Waals surface area (Å²) in [4.78, 5) is 8.63. The maximum Gasteiger partial charge on any atom is 0.223 e. The van der Waals surface area contributed by atoms with E-state index in [1.807, 2.05) is 0 Å². The first kappa shape index (κ1) is 18.3. The normalized spacial score (nSPS) is 24.9. The number of halogens is 1. The van der Waals surface area contributed by atoms with Crippen LogP contribution in [-0.2, 0) is 15.9 Å². The van der Waals surface area contributed by atoms with Crippen LogP contribution in [0.1, 0.15) is 37.3 Å². The molecule has 0 aliphatic heterocycles. The molecule has 2 aliphatic rings. The predicted molar refractivity (Wildman–Crippen MR) is 102 cm³/mol. The van der Waals surface area contributed by atoms with Gasteiger partial charge in [-0.05, 0) is 41.0 Å². The minimum atomic E-state index is -0.700. The lowest BCUT2D eigenvalue weighted by molar-refractivity contribution is 0.119. The van der Waals surface area contributed by atoms with E-state index in [2.05, 4.69) is 9.97 Å².